The molecule has 0 spiro atoms. The highest BCUT2D eigenvalue weighted by molar-refractivity contribution is 7.92. The molecule has 0 aliphatic rings. The van der Waals surface area contributed by atoms with Gasteiger partial charge in [0.2, 0.25) is 10.0 Å². The van der Waals surface area contributed by atoms with E-state index < -0.39 is 10.0 Å². The molecule has 2 aromatic rings. The average Bonchev–Trinajstić information content (AvgIpc) is 2.85. The van der Waals surface area contributed by atoms with Gasteiger partial charge >= 0.3 is 0 Å². The predicted octanol–water partition coefficient (Wildman–Crippen LogP) is 3.60. The molecule has 1 heterocycles. The van der Waals surface area contributed by atoms with Gasteiger partial charge < -0.3 is 5.32 Å². The van der Waals surface area contributed by atoms with Gasteiger partial charge in [0.1, 0.15) is 0 Å². The Morgan fingerprint density at radius 1 is 1.25 bits per heavy atom. The second-order valence-electron chi connectivity index (χ2n) is 4.79. The van der Waals surface area contributed by atoms with Gasteiger partial charge in [0, 0.05) is 10.6 Å². The SMILES string of the molecule is Cc1cc(NC(C)c2cccs2)ccc1NS(C)(=O)=O. The van der Waals surface area contributed by atoms with Crippen molar-refractivity contribution in [2.45, 2.75) is 19.9 Å². The molecule has 0 radical (unpaired) electrons. The summed E-state index contributed by atoms with van der Waals surface area (Å²) in [4.78, 5) is 1.26. The molecular weight excluding hydrogens is 292 g/mol. The average molecular weight is 310 g/mol. The minimum Gasteiger partial charge on any atom is -0.378 e. The maximum Gasteiger partial charge on any atom is 0.229 e. The molecule has 1 aromatic carbocycles. The smallest absolute Gasteiger partial charge is 0.229 e. The van der Waals surface area contributed by atoms with Crippen molar-refractivity contribution in [1.29, 1.82) is 0 Å². The normalized spacial score (nSPS) is 12.9. The van der Waals surface area contributed by atoms with Crippen LogP contribution in [0.3, 0.4) is 0 Å². The van der Waals surface area contributed by atoms with Crippen LogP contribution in [-0.2, 0) is 10.0 Å². The molecule has 0 bridgehead atoms. The number of hydrogen-bond acceptors (Lipinski definition) is 4. The number of anilines is 2. The Morgan fingerprint density at radius 3 is 2.55 bits per heavy atom. The zero-order valence-electron chi connectivity index (χ0n) is 11.7. The number of hydrogen-bond donors (Lipinski definition) is 2. The lowest BCUT2D eigenvalue weighted by molar-refractivity contribution is 0.607. The molecule has 0 saturated carbocycles. The summed E-state index contributed by atoms with van der Waals surface area (Å²) in [6.45, 7) is 3.98. The van der Waals surface area contributed by atoms with Crippen LogP contribution in [0.15, 0.2) is 35.7 Å². The van der Waals surface area contributed by atoms with Gasteiger partial charge in [0.15, 0.2) is 0 Å². The quantitative estimate of drug-likeness (QED) is 0.887. The van der Waals surface area contributed by atoms with E-state index in [1.54, 1.807) is 17.4 Å². The summed E-state index contributed by atoms with van der Waals surface area (Å²) in [6, 6.07) is 9.95. The summed E-state index contributed by atoms with van der Waals surface area (Å²) >= 11 is 1.71. The van der Waals surface area contributed by atoms with Crippen LogP contribution in [0.4, 0.5) is 11.4 Å². The predicted molar refractivity (Wildman–Crippen MR) is 86.0 cm³/mol. The Hall–Kier alpha value is -1.53. The van der Waals surface area contributed by atoms with Gasteiger partial charge in [0.25, 0.3) is 0 Å². The molecule has 1 aromatic heterocycles. The van der Waals surface area contributed by atoms with E-state index in [9.17, 15) is 8.42 Å². The first-order valence-corrected chi connectivity index (χ1v) is 9.00. The first-order valence-electron chi connectivity index (χ1n) is 6.23. The second kappa shape index (κ2) is 5.85. The summed E-state index contributed by atoms with van der Waals surface area (Å²) < 4.78 is 25.0. The highest BCUT2D eigenvalue weighted by Crippen LogP contribution is 2.26. The Labute approximate surface area is 123 Å². The molecule has 0 fully saturated rings. The van der Waals surface area contributed by atoms with Crippen molar-refractivity contribution in [3.63, 3.8) is 0 Å². The van der Waals surface area contributed by atoms with Crippen LogP contribution in [0.1, 0.15) is 23.4 Å². The van der Waals surface area contributed by atoms with Crippen molar-refractivity contribution in [2.24, 2.45) is 0 Å². The molecule has 2 N–H and O–H groups in total. The lowest BCUT2D eigenvalue weighted by Gasteiger charge is -2.15. The Kier molecular flexibility index (Phi) is 4.35. The first-order chi connectivity index (χ1) is 9.35. The third kappa shape index (κ3) is 3.98. The van der Waals surface area contributed by atoms with E-state index >= 15 is 0 Å². The van der Waals surface area contributed by atoms with Crippen LogP contribution >= 0.6 is 11.3 Å². The number of rotatable bonds is 5. The van der Waals surface area contributed by atoms with Crippen LogP contribution < -0.4 is 10.0 Å². The lowest BCUT2D eigenvalue weighted by atomic mass is 10.1. The monoisotopic (exact) mass is 310 g/mol. The third-order valence-electron chi connectivity index (χ3n) is 2.87. The number of thiophene rings is 1. The van der Waals surface area contributed by atoms with Gasteiger partial charge in [0.05, 0.1) is 18.0 Å². The molecule has 0 aliphatic heterocycles. The minimum absolute atomic E-state index is 0.225. The van der Waals surface area contributed by atoms with Crippen molar-refractivity contribution < 1.29 is 8.42 Å². The van der Waals surface area contributed by atoms with Crippen LogP contribution in [-0.4, -0.2) is 14.7 Å². The topological polar surface area (TPSA) is 58.2 Å². The Morgan fingerprint density at radius 2 is 2.00 bits per heavy atom. The fourth-order valence-electron chi connectivity index (χ4n) is 1.93. The van der Waals surface area contributed by atoms with E-state index in [4.69, 9.17) is 0 Å². The molecule has 0 saturated heterocycles. The van der Waals surface area contributed by atoms with Crippen molar-refractivity contribution in [2.75, 3.05) is 16.3 Å². The van der Waals surface area contributed by atoms with Crippen molar-refractivity contribution in [3.8, 4) is 0 Å². The number of benzene rings is 1. The summed E-state index contributed by atoms with van der Waals surface area (Å²) in [7, 11) is -3.24. The van der Waals surface area contributed by atoms with E-state index in [-0.39, 0.29) is 6.04 Å². The van der Waals surface area contributed by atoms with Crippen LogP contribution in [0.25, 0.3) is 0 Å². The zero-order chi connectivity index (χ0) is 14.8. The van der Waals surface area contributed by atoms with E-state index in [1.807, 2.05) is 25.1 Å². The van der Waals surface area contributed by atoms with Gasteiger partial charge in [-0.1, -0.05) is 6.07 Å². The third-order valence-corrected chi connectivity index (χ3v) is 4.52. The van der Waals surface area contributed by atoms with Crippen LogP contribution in [0.5, 0.6) is 0 Å². The van der Waals surface area contributed by atoms with Crippen LogP contribution in [0.2, 0.25) is 0 Å². The van der Waals surface area contributed by atoms with E-state index in [0.29, 0.717) is 5.69 Å². The van der Waals surface area contributed by atoms with Crippen LogP contribution in [0, 0.1) is 6.92 Å². The molecular formula is C14H18N2O2S2. The highest BCUT2D eigenvalue weighted by atomic mass is 32.2. The summed E-state index contributed by atoms with van der Waals surface area (Å²) in [5.74, 6) is 0. The zero-order valence-corrected chi connectivity index (χ0v) is 13.3. The highest BCUT2D eigenvalue weighted by Gasteiger charge is 2.09. The molecule has 4 nitrogen and oxygen atoms in total. The molecule has 0 aliphatic carbocycles. The van der Waals surface area contributed by atoms with Gasteiger partial charge in [-0.25, -0.2) is 8.42 Å². The lowest BCUT2D eigenvalue weighted by Crippen LogP contribution is -2.11. The molecule has 20 heavy (non-hydrogen) atoms. The maximum atomic E-state index is 11.2. The van der Waals surface area contributed by atoms with Crippen molar-refractivity contribution in [3.05, 3.63) is 46.2 Å². The van der Waals surface area contributed by atoms with Gasteiger partial charge in [-0.15, -0.1) is 11.3 Å². The van der Waals surface area contributed by atoms with Crippen molar-refractivity contribution in [1.82, 2.24) is 0 Å². The molecule has 1 unspecified atom stereocenters. The summed E-state index contributed by atoms with van der Waals surface area (Å²) in [5, 5.41) is 5.46. The van der Waals surface area contributed by atoms with Gasteiger partial charge in [-0.3, -0.25) is 4.72 Å². The number of sulfonamides is 1. The second-order valence-corrected chi connectivity index (χ2v) is 7.51. The molecule has 6 heteroatoms. The molecule has 1 atom stereocenters. The Balaban J connectivity index is 2.13. The fraction of sp³-hybridized carbons (Fsp3) is 0.286. The molecule has 0 amide bonds. The van der Waals surface area contributed by atoms with Gasteiger partial charge in [-0.05, 0) is 49.1 Å². The Bertz CT molecular complexity index is 679. The minimum atomic E-state index is -3.24. The first kappa shape index (κ1) is 14.9. The van der Waals surface area contributed by atoms with Gasteiger partial charge in [-0.2, -0.15) is 0 Å². The van der Waals surface area contributed by atoms with E-state index in [1.165, 1.54) is 4.88 Å². The largest absolute Gasteiger partial charge is 0.378 e. The standard InChI is InChI=1S/C14H18N2O2S2/c1-10-9-12(6-7-13(10)16-20(3,17)18)15-11(2)14-5-4-8-19-14/h4-9,11,15-16H,1-3H3. The van der Waals surface area contributed by atoms with E-state index in [0.717, 1.165) is 17.5 Å². The van der Waals surface area contributed by atoms with E-state index in [2.05, 4.69) is 28.4 Å². The fourth-order valence-corrected chi connectivity index (χ4v) is 3.29. The summed E-state index contributed by atoms with van der Waals surface area (Å²) in [6.07, 6.45) is 1.15. The van der Waals surface area contributed by atoms with Crippen molar-refractivity contribution >= 4 is 32.7 Å². The molecule has 2 rings (SSSR count). The molecule has 108 valence electrons. The maximum absolute atomic E-state index is 11.2. The number of aryl methyl sites for hydroxylation is 1. The summed E-state index contributed by atoms with van der Waals surface area (Å²) in [5.41, 5.74) is 2.48. The number of nitrogens with one attached hydrogen (secondary N) is 2.